The molecule has 1 aromatic carbocycles. The van der Waals surface area contributed by atoms with Gasteiger partial charge in [-0.2, -0.15) is 5.10 Å². The number of ether oxygens (including phenoxy) is 1. The van der Waals surface area contributed by atoms with Gasteiger partial charge in [0.05, 0.1) is 29.4 Å². The molecule has 0 aliphatic heterocycles. The molecular weight excluding hydrogens is 377 g/mol. The summed E-state index contributed by atoms with van der Waals surface area (Å²) in [6, 6.07) is 5.35. The van der Waals surface area contributed by atoms with Crippen molar-refractivity contribution >= 4 is 40.2 Å². The minimum absolute atomic E-state index is 0.250. The first kappa shape index (κ1) is 18.7. The maximum Gasteiger partial charge on any atom is 0.278 e. The molecule has 7 nitrogen and oxygen atoms in total. The van der Waals surface area contributed by atoms with E-state index >= 15 is 0 Å². The first-order valence-corrected chi connectivity index (χ1v) is 9.05. The molecule has 0 radical (unpaired) electrons. The molecule has 0 bridgehead atoms. The third-order valence-electron chi connectivity index (χ3n) is 3.74. The van der Waals surface area contributed by atoms with Crippen molar-refractivity contribution in [2.45, 2.75) is 26.4 Å². The van der Waals surface area contributed by atoms with E-state index < -0.39 is 0 Å². The molecule has 0 unspecified atom stereocenters. The van der Waals surface area contributed by atoms with E-state index in [0.29, 0.717) is 53.3 Å². The highest BCUT2D eigenvalue weighted by molar-refractivity contribution is 6.42. The topological polar surface area (TPSA) is 84.8 Å². The fourth-order valence-electron chi connectivity index (χ4n) is 2.49. The van der Waals surface area contributed by atoms with Crippen molar-refractivity contribution in [3.05, 3.63) is 50.4 Å². The summed E-state index contributed by atoms with van der Waals surface area (Å²) in [6.45, 7) is 4.19. The number of H-pyrrole nitrogens is 1. The third-order valence-corrected chi connectivity index (χ3v) is 4.48. The molecule has 0 spiro atoms. The van der Waals surface area contributed by atoms with Gasteiger partial charge in [-0.05, 0) is 24.1 Å². The number of halogens is 2. The number of rotatable bonds is 8. The summed E-state index contributed by atoms with van der Waals surface area (Å²) in [5.74, 6) is 0.371. The maximum absolute atomic E-state index is 12.4. The summed E-state index contributed by atoms with van der Waals surface area (Å²) in [6.07, 6.45) is 2.53. The molecule has 2 aromatic heterocycles. The average Bonchev–Trinajstić information content (AvgIpc) is 3.03. The number of aromatic nitrogens is 4. The van der Waals surface area contributed by atoms with Crippen LogP contribution in [0.2, 0.25) is 10.0 Å². The average molecular weight is 396 g/mol. The van der Waals surface area contributed by atoms with Crippen LogP contribution >= 0.6 is 23.2 Å². The van der Waals surface area contributed by atoms with Gasteiger partial charge in [-0.15, -0.1) is 0 Å². The summed E-state index contributed by atoms with van der Waals surface area (Å²) in [5, 5.41) is 8.29. The van der Waals surface area contributed by atoms with Crippen LogP contribution in [0.4, 0.5) is 5.95 Å². The molecule has 2 heterocycles. The van der Waals surface area contributed by atoms with Crippen molar-refractivity contribution in [2.24, 2.45) is 0 Å². The number of nitrogens with zero attached hydrogens (tertiary/aromatic N) is 3. The zero-order chi connectivity index (χ0) is 18.5. The van der Waals surface area contributed by atoms with Gasteiger partial charge in [-0.1, -0.05) is 36.2 Å². The molecule has 0 amide bonds. The predicted octanol–water partition coefficient (Wildman–Crippen LogP) is 3.47. The van der Waals surface area contributed by atoms with Crippen molar-refractivity contribution in [1.82, 2.24) is 19.7 Å². The smallest absolute Gasteiger partial charge is 0.278 e. The van der Waals surface area contributed by atoms with Gasteiger partial charge >= 0.3 is 0 Å². The molecule has 138 valence electrons. The van der Waals surface area contributed by atoms with Gasteiger partial charge in [0.15, 0.2) is 5.52 Å². The normalized spacial score (nSPS) is 11.2. The minimum atomic E-state index is -0.250. The van der Waals surface area contributed by atoms with Crippen molar-refractivity contribution in [3.63, 3.8) is 0 Å². The van der Waals surface area contributed by atoms with Gasteiger partial charge in [-0.3, -0.25) is 14.5 Å². The number of hydrogen-bond acceptors (Lipinski definition) is 5. The molecule has 0 aliphatic carbocycles. The first-order chi connectivity index (χ1) is 12.6. The lowest BCUT2D eigenvalue weighted by atomic mass is 10.2. The summed E-state index contributed by atoms with van der Waals surface area (Å²) in [7, 11) is 0. The molecule has 0 atom stereocenters. The second kappa shape index (κ2) is 8.53. The molecule has 3 rings (SSSR count). The van der Waals surface area contributed by atoms with Gasteiger partial charge in [0.1, 0.15) is 5.52 Å². The quantitative estimate of drug-likeness (QED) is 0.570. The lowest BCUT2D eigenvalue weighted by molar-refractivity contribution is 0.125. The molecule has 0 fully saturated rings. The first-order valence-electron chi connectivity index (χ1n) is 8.30. The van der Waals surface area contributed by atoms with E-state index in [1.165, 1.54) is 0 Å². The molecule has 0 aliphatic rings. The Labute approximate surface area is 160 Å². The Balaban J connectivity index is 1.72. The Morgan fingerprint density at radius 1 is 1.27 bits per heavy atom. The number of hydrogen-bond donors (Lipinski definition) is 2. The summed E-state index contributed by atoms with van der Waals surface area (Å²) in [5.41, 5.74) is 1.64. The molecule has 0 saturated heterocycles. The Morgan fingerprint density at radius 3 is 2.88 bits per heavy atom. The molecule has 26 heavy (non-hydrogen) atoms. The highest BCUT2D eigenvalue weighted by Crippen LogP contribution is 2.22. The van der Waals surface area contributed by atoms with E-state index in [1.807, 2.05) is 13.0 Å². The Bertz CT molecular complexity index is 954. The molecular formula is C17H19Cl2N5O2. The number of benzene rings is 1. The zero-order valence-electron chi connectivity index (χ0n) is 14.3. The van der Waals surface area contributed by atoms with Crippen molar-refractivity contribution < 1.29 is 4.74 Å². The molecule has 3 aromatic rings. The molecule has 9 heteroatoms. The van der Waals surface area contributed by atoms with Crippen molar-refractivity contribution in [3.8, 4) is 0 Å². The molecule has 2 N–H and O–H groups in total. The van der Waals surface area contributed by atoms with E-state index in [9.17, 15) is 4.79 Å². The standard InChI is InChI=1S/C17H19Cl2N5O2/c1-2-6-26-7-5-24-15-14(10-21-24)22-17(23-16(15)25)20-9-11-3-4-12(18)13(19)8-11/h3-4,8,10H,2,5-7,9H2,1H3,(H2,20,22,23,25). The number of fused-ring (bicyclic) bond motifs is 1. The van der Waals surface area contributed by atoms with E-state index in [0.717, 1.165) is 12.0 Å². The van der Waals surface area contributed by atoms with Gasteiger partial charge in [0, 0.05) is 13.2 Å². The largest absolute Gasteiger partial charge is 0.380 e. The zero-order valence-corrected chi connectivity index (χ0v) is 15.8. The number of aromatic amines is 1. The Morgan fingerprint density at radius 2 is 2.12 bits per heavy atom. The van der Waals surface area contributed by atoms with Gasteiger partial charge < -0.3 is 10.1 Å². The van der Waals surface area contributed by atoms with Crippen molar-refractivity contribution in [1.29, 1.82) is 0 Å². The van der Waals surface area contributed by atoms with E-state index in [1.54, 1.807) is 23.0 Å². The number of nitrogens with one attached hydrogen (secondary N) is 2. The van der Waals surface area contributed by atoms with Gasteiger partial charge in [0.2, 0.25) is 5.95 Å². The van der Waals surface area contributed by atoms with Crippen LogP contribution in [0.1, 0.15) is 18.9 Å². The monoisotopic (exact) mass is 395 g/mol. The van der Waals surface area contributed by atoms with Gasteiger partial charge in [0.25, 0.3) is 5.56 Å². The number of anilines is 1. The van der Waals surface area contributed by atoms with E-state index in [4.69, 9.17) is 27.9 Å². The van der Waals surface area contributed by atoms with Crippen LogP contribution < -0.4 is 10.9 Å². The van der Waals surface area contributed by atoms with Crippen LogP contribution in [0.5, 0.6) is 0 Å². The van der Waals surface area contributed by atoms with Crippen LogP contribution in [0.3, 0.4) is 0 Å². The van der Waals surface area contributed by atoms with Crippen LogP contribution in [0.15, 0.2) is 29.2 Å². The lowest BCUT2D eigenvalue weighted by Crippen LogP contribution is -2.17. The van der Waals surface area contributed by atoms with E-state index in [-0.39, 0.29) is 5.56 Å². The Hall–Kier alpha value is -2.09. The Kier molecular flexibility index (Phi) is 6.13. The molecule has 0 saturated carbocycles. The van der Waals surface area contributed by atoms with Gasteiger partial charge in [-0.25, -0.2) is 4.98 Å². The second-order valence-electron chi connectivity index (χ2n) is 5.73. The fraction of sp³-hybridized carbons (Fsp3) is 0.353. The summed E-state index contributed by atoms with van der Waals surface area (Å²) in [4.78, 5) is 19.5. The highest BCUT2D eigenvalue weighted by Gasteiger charge is 2.10. The minimum Gasteiger partial charge on any atom is -0.380 e. The fourth-order valence-corrected chi connectivity index (χ4v) is 2.81. The van der Waals surface area contributed by atoms with Crippen LogP contribution in [-0.4, -0.2) is 33.0 Å². The lowest BCUT2D eigenvalue weighted by Gasteiger charge is -2.07. The van der Waals surface area contributed by atoms with Crippen LogP contribution in [0, 0.1) is 0 Å². The van der Waals surface area contributed by atoms with Crippen LogP contribution in [0.25, 0.3) is 11.0 Å². The predicted molar refractivity (Wildman–Crippen MR) is 103 cm³/mol. The van der Waals surface area contributed by atoms with Crippen LogP contribution in [-0.2, 0) is 17.8 Å². The maximum atomic E-state index is 12.4. The van der Waals surface area contributed by atoms with Crippen molar-refractivity contribution in [2.75, 3.05) is 18.5 Å². The van der Waals surface area contributed by atoms with E-state index in [2.05, 4.69) is 20.4 Å². The SMILES string of the molecule is CCCOCCn1ncc2nc(NCc3ccc(Cl)c(Cl)c3)[nH]c(=O)c21. The second-order valence-corrected chi connectivity index (χ2v) is 6.54. The summed E-state index contributed by atoms with van der Waals surface area (Å²) < 4.78 is 7.06. The third kappa shape index (κ3) is 4.35. The summed E-state index contributed by atoms with van der Waals surface area (Å²) >= 11 is 11.9. The highest BCUT2D eigenvalue weighted by atomic mass is 35.5.